The predicted molar refractivity (Wildman–Crippen MR) is 61.2 cm³/mol. The molecule has 0 saturated heterocycles. The van der Waals surface area contributed by atoms with Crippen molar-refractivity contribution >= 4 is 11.0 Å². The van der Waals surface area contributed by atoms with Gasteiger partial charge in [-0.05, 0) is 12.1 Å². The summed E-state index contributed by atoms with van der Waals surface area (Å²) in [5.41, 5.74) is 2.02. The zero-order chi connectivity index (χ0) is 11.0. The molecule has 0 aliphatic carbocycles. The molecule has 14 heavy (non-hydrogen) atoms. The molecule has 0 aliphatic heterocycles. The second kappa shape index (κ2) is 7.06. The molecular formula is C11H19N3. The molecule has 1 aromatic carbocycles. The highest BCUT2D eigenvalue weighted by molar-refractivity contribution is 5.73. The van der Waals surface area contributed by atoms with Crippen LogP contribution in [-0.2, 0) is 7.05 Å². The summed E-state index contributed by atoms with van der Waals surface area (Å²) >= 11 is 0. The van der Waals surface area contributed by atoms with Crippen LogP contribution in [0.2, 0.25) is 0 Å². The second-order valence-corrected chi connectivity index (χ2v) is 2.20. The standard InChI is InChI=1S/C7H7N3.2C2H6/c1-10-7-5-3-2-4-6(7)8-9-10;2*1-2/h2-5H,1H3;2*1-2H3. The summed E-state index contributed by atoms with van der Waals surface area (Å²) in [7, 11) is 1.88. The van der Waals surface area contributed by atoms with E-state index in [2.05, 4.69) is 10.3 Å². The largest absolute Gasteiger partial charge is 0.248 e. The Morgan fingerprint density at radius 3 is 2.14 bits per heavy atom. The third kappa shape index (κ3) is 2.83. The predicted octanol–water partition coefficient (Wildman–Crippen LogP) is 3.02. The summed E-state index contributed by atoms with van der Waals surface area (Å²) < 4.78 is 1.76. The van der Waals surface area contributed by atoms with Gasteiger partial charge in [-0.1, -0.05) is 45.0 Å². The lowest BCUT2D eigenvalue weighted by Gasteiger charge is -1.87. The van der Waals surface area contributed by atoms with Gasteiger partial charge < -0.3 is 0 Å². The van der Waals surface area contributed by atoms with Gasteiger partial charge in [0.05, 0.1) is 5.52 Å². The van der Waals surface area contributed by atoms with E-state index in [4.69, 9.17) is 0 Å². The first-order chi connectivity index (χ1) is 6.88. The molecule has 0 unspecified atom stereocenters. The fourth-order valence-electron chi connectivity index (χ4n) is 0.986. The Hall–Kier alpha value is -1.38. The van der Waals surface area contributed by atoms with Crippen LogP contribution in [0, 0.1) is 0 Å². The monoisotopic (exact) mass is 193 g/mol. The van der Waals surface area contributed by atoms with Gasteiger partial charge in [0.25, 0.3) is 0 Å². The van der Waals surface area contributed by atoms with Gasteiger partial charge in [0.15, 0.2) is 0 Å². The highest BCUT2D eigenvalue weighted by atomic mass is 15.4. The van der Waals surface area contributed by atoms with E-state index in [0.717, 1.165) is 11.0 Å². The van der Waals surface area contributed by atoms with Crippen LogP contribution < -0.4 is 0 Å². The number of fused-ring (bicyclic) bond motifs is 1. The minimum Gasteiger partial charge on any atom is -0.248 e. The van der Waals surface area contributed by atoms with Crippen LogP contribution in [0.25, 0.3) is 11.0 Å². The molecule has 3 nitrogen and oxygen atoms in total. The molecule has 0 saturated carbocycles. The van der Waals surface area contributed by atoms with E-state index < -0.39 is 0 Å². The third-order valence-corrected chi connectivity index (χ3v) is 1.52. The summed E-state index contributed by atoms with van der Waals surface area (Å²) in [5, 5.41) is 7.79. The lowest BCUT2D eigenvalue weighted by Crippen LogP contribution is -1.88. The van der Waals surface area contributed by atoms with E-state index in [-0.39, 0.29) is 0 Å². The van der Waals surface area contributed by atoms with Gasteiger partial charge in [-0.3, -0.25) is 0 Å². The number of aryl methyl sites for hydroxylation is 1. The topological polar surface area (TPSA) is 30.7 Å². The Labute approximate surface area is 85.7 Å². The minimum atomic E-state index is 0.949. The first kappa shape index (κ1) is 12.6. The molecule has 1 aromatic heterocycles. The summed E-state index contributed by atoms with van der Waals surface area (Å²) in [6.45, 7) is 8.00. The van der Waals surface area contributed by atoms with Crippen LogP contribution in [0.4, 0.5) is 0 Å². The van der Waals surface area contributed by atoms with Crippen molar-refractivity contribution in [2.45, 2.75) is 27.7 Å². The van der Waals surface area contributed by atoms with Crippen LogP contribution in [0.3, 0.4) is 0 Å². The maximum atomic E-state index is 3.93. The zero-order valence-corrected chi connectivity index (χ0v) is 9.65. The molecule has 78 valence electrons. The molecule has 0 atom stereocenters. The van der Waals surface area contributed by atoms with Crippen molar-refractivity contribution in [3.63, 3.8) is 0 Å². The second-order valence-electron chi connectivity index (χ2n) is 2.20. The highest BCUT2D eigenvalue weighted by Crippen LogP contribution is 2.06. The van der Waals surface area contributed by atoms with E-state index >= 15 is 0 Å². The Morgan fingerprint density at radius 1 is 1.00 bits per heavy atom. The molecule has 0 radical (unpaired) electrons. The number of aromatic nitrogens is 3. The van der Waals surface area contributed by atoms with Crippen molar-refractivity contribution in [2.75, 3.05) is 0 Å². The van der Waals surface area contributed by atoms with Crippen molar-refractivity contribution in [3.8, 4) is 0 Å². The third-order valence-electron chi connectivity index (χ3n) is 1.52. The number of nitrogens with zero attached hydrogens (tertiary/aromatic N) is 3. The quantitative estimate of drug-likeness (QED) is 0.644. The van der Waals surface area contributed by atoms with Gasteiger partial charge in [-0.2, -0.15) is 0 Å². The minimum absolute atomic E-state index is 0.949. The van der Waals surface area contributed by atoms with Crippen molar-refractivity contribution in [1.82, 2.24) is 15.0 Å². The molecule has 0 N–H and O–H groups in total. The molecule has 2 aromatic rings. The van der Waals surface area contributed by atoms with E-state index in [1.165, 1.54) is 0 Å². The molecular weight excluding hydrogens is 174 g/mol. The summed E-state index contributed by atoms with van der Waals surface area (Å²) in [6.07, 6.45) is 0. The van der Waals surface area contributed by atoms with Crippen LogP contribution in [0.1, 0.15) is 27.7 Å². The lowest BCUT2D eigenvalue weighted by molar-refractivity contribution is 0.736. The van der Waals surface area contributed by atoms with Gasteiger partial charge >= 0.3 is 0 Å². The van der Waals surface area contributed by atoms with Gasteiger partial charge in [0.2, 0.25) is 0 Å². The molecule has 0 amide bonds. The number of benzene rings is 1. The van der Waals surface area contributed by atoms with E-state index in [1.807, 2.05) is 59.0 Å². The Morgan fingerprint density at radius 2 is 1.57 bits per heavy atom. The number of para-hydroxylation sites is 1. The highest BCUT2D eigenvalue weighted by Gasteiger charge is 1.95. The molecule has 2 rings (SSSR count). The zero-order valence-electron chi connectivity index (χ0n) is 9.65. The molecule has 0 fully saturated rings. The summed E-state index contributed by atoms with van der Waals surface area (Å²) in [4.78, 5) is 0. The molecule has 0 aliphatic rings. The number of hydrogen-bond acceptors (Lipinski definition) is 2. The summed E-state index contributed by atoms with van der Waals surface area (Å²) in [5.74, 6) is 0. The summed E-state index contributed by atoms with van der Waals surface area (Å²) in [6, 6.07) is 7.88. The average Bonchev–Trinajstić information content (AvgIpc) is 2.67. The smallest absolute Gasteiger partial charge is 0.113 e. The maximum absolute atomic E-state index is 3.93. The Kier molecular flexibility index (Phi) is 6.37. The molecule has 0 bridgehead atoms. The molecule has 1 heterocycles. The molecule has 3 heteroatoms. The van der Waals surface area contributed by atoms with Crippen molar-refractivity contribution < 1.29 is 0 Å². The van der Waals surface area contributed by atoms with Gasteiger partial charge in [0, 0.05) is 7.05 Å². The van der Waals surface area contributed by atoms with Crippen molar-refractivity contribution in [1.29, 1.82) is 0 Å². The Bertz CT molecular complexity index is 352. The average molecular weight is 193 g/mol. The fraction of sp³-hybridized carbons (Fsp3) is 0.455. The number of hydrogen-bond donors (Lipinski definition) is 0. The molecule has 0 spiro atoms. The fourth-order valence-corrected chi connectivity index (χ4v) is 0.986. The SMILES string of the molecule is CC.CC.Cn1nnc2ccccc21. The Balaban J connectivity index is 0.000000379. The van der Waals surface area contributed by atoms with Crippen LogP contribution in [0.15, 0.2) is 24.3 Å². The lowest BCUT2D eigenvalue weighted by atomic mass is 10.3. The van der Waals surface area contributed by atoms with Crippen LogP contribution in [0.5, 0.6) is 0 Å². The van der Waals surface area contributed by atoms with E-state index in [1.54, 1.807) is 4.68 Å². The van der Waals surface area contributed by atoms with E-state index in [0.29, 0.717) is 0 Å². The van der Waals surface area contributed by atoms with E-state index in [9.17, 15) is 0 Å². The normalized spacial score (nSPS) is 8.36. The van der Waals surface area contributed by atoms with Gasteiger partial charge in [0.1, 0.15) is 5.52 Å². The van der Waals surface area contributed by atoms with Crippen molar-refractivity contribution in [3.05, 3.63) is 24.3 Å². The van der Waals surface area contributed by atoms with Crippen molar-refractivity contribution in [2.24, 2.45) is 7.05 Å². The maximum Gasteiger partial charge on any atom is 0.113 e. The van der Waals surface area contributed by atoms with Gasteiger partial charge in [-0.15, -0.1) is 5.10 Å². The van der Waals surface area contributed by atoms with Crippen LogP contribution in [-0.4, -0.2) is 15.0 Å². The van der Waals surface area contributed by atoms with Gasteiger partial charge in [-0.25, -0.2) is 4.68 Å². The first-order valence-electron chi connectivity index (χ1n) is 5.12. The first-order valence-corrected chi connectivity index (χ1v) is 5.12. The van der Waals surface area contributed by atoms with Crippen LogP contribution >= 0.6 is 0 Å². The number of rotatable bonds is 0.